The van der Waals surface area contributed by atoms with Crippen LogP contribution in [0.15, 0.2) is 18.2 Å². The maximum atomic E-state index is 12.4. The third-order valence-corrected chi connectivity index (χ3v) is 4.42. The topological polar surface area (TPSA) is 84.3 Å². The molecule has 0 saturated carbocycles. The highest BCUT2D eigenvalue weighted by Gasteiger charge is 2.49. The predicted molar refractivity (Wildman–Crippen MR) is 74.6 cm³/mol. The van der Waals surface area contributed by atoms with E-state index in [4.69, 9.17) is 0 Å². The fourth-order valence-corrected chi connectivity index (χ4v) is 3.22. The monoisotopic (exact) mass is 275 g/mol. The van der Waals surface area contributed by atoms with Gasteiger partial charge in [-0.15, -0.1) is 0 Å². The molecule has 106 valence electrons. The van der Waals surface area contributed by atoms with E-state index in [0.29, 0.717) is 17.3 Å². The molecule has 6 nitrogen and oxygen atoms in total. The lowest BCUT2D eigenvalue weighted by molar-refractivity contribution is -0.385. The van der Waals surface area contributed by atoms with Crippen molar-refractivity contribution in [3.63, 3.8) is 0 Å². The molecule has 3 rings (SSSR count). The van der Waals surface area contributed by atoms with E-state index in [0.717, 1.165) is 25.7 Å². The summed E-state index contributed by atoms with van der Waals surface area (Å²) >= 11 is 0. The second kappa shape index (κ2) is 4.56. The summed E-state index contributed by atoms with van der Waals surface area (Å²) < 4.78 is 0. The fourth-order valence-electron chi connectivity index (χ4n) is 3.22. The molecule has 2 aliphatic rings. The molecule has 1 aromatic carbocycles. The van der Waals surface area contributed by atoms with Crippen molar-refractivity contribution >= 4 is 17.3 Å². The summed E-state index contributed by atoms with van der Waals surface area (Å²) in [6.45, 7) is 1.68. The molecule has 6 heteroatoms. The normalized spacial score (nSPS) is 27.6. The van der Waals surface area contributed by atoms with Gasteiger partial charge in [-0.25, -0.2) is 0 Å². The summed E-state index contributed by atoms with van der Waals surface area (Å²) in [7, 11) is 0. The molecule has 1 amide bonds. The number of nitrogens with zero attached hydrogens (tertiary/aromatic N) is 1. The van der Waals surface area contributed by atoms with Crippen LogP contribution in [0.2, 0.25) is 0 Å². The van der Waals surface area contributed by atoms with Gasteiger partial charge in [0.2, 0.25) is 5.91 Å². The van der Waals surface area contributed by atoms with Crippen molar-refractivity contribution in [1.29, 1.82) is 0 Å². The van der Waals surface area contributed by atoms with Gasteiger partial charge in [-0.3, -0.25) is 14.9 Å². The molecule has 2 N–H and O–H groups in total. The average molecular weight is 275 g/mol. The highest BCUT2D eigenvalue weighted by molar-refractivity contribution is 5.99. The van der Waals surface area contributed by atoms with Crippen LogP contribution >= 0.6 is 0 Å². The Morgan fingerprint density at radius 1 is 1.45 bits per heavy atom. The number of hydrogen-bond donors (Lipinski definition) is 2. The van der Waals surface area contributed by atoms with Crippen LogP contribution in [-0.4, -0.2) is 22.4 Å². The fraction of sp³-hybridized carbons (Fsp3) is 0.500. The maximum Gasteiger partial charge on any atom is 0.274 e. The molecule has 2 bridgehead atoms. The Hall–Kier alpha value is -1.95. The minimum Gasteiger partial charge on any atom is -0.324 e. The second-order valence-corrected chi connectivity index (χ2v) is 5.71. The first-order valence-corrected chi connectivity index (χ1v) is 6.84. The van der Waals surface area contributed by atoms with Crippen LogP contribution in [0, 0.1) is 17.0 Å². The van der Waals surface area contributed by atoms with Crippen molar-refractivity contribution in [2.75, 3.05) is 5.32 Å². The molecule has 0 aliphatic carbocycles. The first-order valence-electron chi connectivity index (χ1n) is 6.84. The quantitative estimate of drug-likeness (QED) is 0.653. The lowest BCUT2D eigenvalue weighted by Crippen LogP contribution is -2.48. The molecule has 2 fully saturated rings. The Bertz CT molecular complexity index is 577. The molecular weight excluding hydrogens is 258 g/mol. The molecule has 0 radical (unpaired) electrons. The molecule has 2 aliphatic heterocycles. The van der Waals surface area contributed by atoms with E-state index in [2.05, 4.69) is 10.6 Å². The number of carbonyl (C=O) groups excluding carboxylic acids is 1. The molecule has 0 atom stereocenters. The highest BCUT2D eigenvalue weighted by Crippen LogP contribution is 2.38. The molecular formula is C14H17N3O3. The molecule has 0 aromatic heterocycles. The highest BCUT2D eigenvalue weighted by atomic mass is 16.6. The van der Waals surface area contributed by atoms with Crippen molar-refractivity contribution in [2.24, 2.45) is 0 Å². The van der Waals surface area contributed by atoms with Crippen molar-refractivity contribution < 1.29 is 9.72 Å². The molecule has 2 saturated heterocycles. The minimum atomic E-state index is -0.468. The zero-order chi connectivity index (χ0) is 14.3. The van der Waals surface area contributed by atoms with Crippen LogP contribution in [0.1, 0.15) is 31.2 Å². The number of nitro groups is 1. The molecule has 1 aromatic rings. The van der Waals surface area contributed by atoms with E-state index in [-0.39, 0.29) is 11.6 Å². The van der Waals surface area contributed by atoms with Gasteiger partial charge >= 0.3 is 0 Å². The van der Waals surface area contributed by atoms with Crippen molar-refractivity contribution in [1.82, 2.24) is 5.32 Å². The number of anilines is 1. The van der Waals surface area contributed by atoms with E-state index in [1.807, 2.05) is 0 Å². The Morgan fingerprint density at radius 2 is 2.15 bits per heavy atom. The van der Waals surface area contributed by atoms with Gasteiger partial charge < -0.3 is 10.6 Å². The zero-order valence-corrected chi connectivity index (χ0v) is 11.3. The van der Waals surface area contributed by atoms with Crippen LogP contribution in [0.3, 0.4) is 0 Å². The number of nitrogens with one attached hydrogen (secondary N) is 2. The second-order valence-electron chi connectivity index (χ2n) is 5.71. The van der Waals surface area contributed by atoms with E-state index in [9.17, 15) is 14.9 Å². The van der Waals surface area contributed by atoms with Gasteiger partial charge in [0.1, 0.15) is 0 Å². The first kappa shape index (κ1) is 13.1. The van der Waals surface area contributed by atoms with Gasteiger partial charge in [-0.1, -0.05) is 6.07 Å². The smallest absolute Gasteiger partial charge is 0.274 e. The Labute approximate surface area is 116 Å². The van der Waals surface area contributed by atoms with E-state index >= 15 is 0 Å². The van der Waals surface area contributed by atoms with Gasteiger partial charge in [0.05, 0.1) is 10.5 Å². The summed E-state index contributed by atoms with van der Waals surface area (Å²) in [5.41, 5.74) is 0.638. The van der Waals surface area contributed by atoms with Crippen LogP contribution in [0.25, 0.3) is 0 Å². The maximum absolute atomic E-state index is 12.4. The van der Waals surface area contributed by atoms with Gasteiger partial charge in [0.15, 0.2) is 0 Å². The summed E-state index contributed by atoms with van der Waals surface area (Å²) in [6, 6.07) is 5.24. The van der Waals surface area contributed by atoms with E-state index < -0.39 is 10.5 Å². The van der Waals surface area contributed by atoms with Gasteiger partial charge in [-0.05, 0) is 38.7 Å². The first-order chi connectivity index (χ1) is 9.50. The predicted octanol–water partition coefficient (Wildman–Crippen LogP) is 2.13. The van der Waals surface area contributed by atoms with Crippen LogP contribution in [-0.2, 0) is 4.79 Å². The van der Waals surface area contributed by atoms with Crippen LogP contribution in [0.5, 0.6) is 0 Å². The van der Waals surface area contributed by atoms with Gasteiger partial charge in [-0.2, -0.15) is 0 Å². The number of benzene rings is 1. The number of aryl methyl sites for hydroxylation is 1. The number of nitro benzene ring substituents is 1. The summed E-state index contributed by atoms with van der Waals surface area (Å²) in [5.74, 6) is -0.0735. The number of carbonyl (C=O) groups is 1. The Kier molecular flexibility index (Phi) is 2.97. The van der Waals surface area contributed by atoms with E-state index in [1.165, 1.54) is 6.07 Å². The lowest BCUT2D eigenvalue weighted by Gasteiger charge is -2.24. The summed E-state index contributed by atoms with van der Waals surface area (Å²) in [4.78, 5) is 22.9. The third kappa shape index (κ3) is 2.06. The van der Waals surface area contributed by atoms with E-state index in [1.54, 1.807) is 19.1 Å². The van der Waals surface area contributed by atoms with Crippen molar-refractivity contribution in [2.45, 2.75) is 44.2 Å². The molecule has 0 spiro atoms. The lowest BCUT2D eigenvalue weighted by atomic mass is 9.87. The third-order valence-electron chi connectivity index (χ3n) is 4.42. The largest absolute Gasteiger partial charge is 0.324 e. The number of hydrogen-bond acceptors (Lipinski definition) is 4. The SMILES string of the molecule is Cc1ccc(NC(=O)C23CCC(CC2)N3)cc1[N+](=O)[O-]. The summed E-state index contributed by atoms with van der Waals surface area (Å²) in [6.07, 6.45) is 3.75. The number of amides is 1. The Morgan fingerprint density at radius 3 is 2.70 bits per heavy atom. The number of fused-ring (bicyclic) bond motifs is 2. The van der Waals surface area contributed by atoms with Gasteiger partial charge in [0, 0.05) is 23.4 Å². The standard InChI is InChI=1S/C14H17N3O3/c1-9-2-3-11(8-12(9)17(19)20)15-13(18)14-6-4-10(16-14)5-7-14/h2-3,8,10,16H,4-7H2,1H3,(H,15,18). The Balaban J connectivity index is 1.79. The molecule has 2 heterocycles. The van der Waals surface area contributed by atoms with Crippen LogP contribution in [0.4, 0.5) is 11.4 Å². The van der Waals surface area contributed by atoms with Crippen LogP contribution < -0.4 is 10.6 Å². The van der Waals surface area contributed by atoms with Gasteiger partial charge in [0.25, 0.3) is 5.69 Å². The minimum absolute atomic E-state index is 0.0315. The average Bonchev–Trinajstić information content (AvgIpc) is 3.02. The molecule has 20 heavy (non-hydrogen) atoms. The van der Waals surface area contributed by atoms with Crippen molar-refractivity contribution in [3.05, 3.63) is 33.9 Å². The zero-order valence-electron chi connectivity index (χ0n) is 11.3. The molecule has 0 unspecified atom stereocenters. The number of rotatable bonds is 3. The van der Waals surface area contributed by atoms with Crippen molar-refractivity contribution in [3.8, 4) is 0 Å². The summed E-state index contributed by atoms with van der Waals surface area (Å²) in [5, 5.41) is 17.1.